The number of anilines is 1. The zero-order chi connectivity index (χ0) is 22.2. The smallest absolute Gasteiger partial charge is 0.319 e. The lowest BCUT2D eigenvalue weighted by Gasteiger charge is -2.11. The average molecular weight is 431 g/mol. The highest BCUT2D eigenvalue weighted by molar-refractivity contribution is 5.93. The summed E-state index contributed by atoms with van der Waals surface area (Å²) in [4.78, 5) is 28.4. The molecule has 7 nitrogen and oxygen atoms in total. The molecule has 166 valence electrons. The summed E-state index contributed by atoms with van der Waals surface area (Å²) in [6.45, 7) is 2.90. The van der Waals surface area contributed by atoms with Gasteiger partial charge in [-0.15, -0.1) is 0 Å². The third-order valence-electron chi connectivity index (χ3n) is 5.44. The zero-order valence-corrected chi connectivity index (χ0v) is 18.4. The first-order chi connectivity index (χ1) is 15.7. The predicted molar refractivity (Wildman–Crippen MR) is 130 cm³/mol. The molecule has 1 aromatic carbocycles. The van der Waals surface area contributed by atoms with Crippen LogP contribution in [0.4, 0.5) is 10.5 Å². The summed E-state index contributed by atoms with van der Waals surface area (Å²) < 4.78 is 0. The standard InChI is InChI=1S/C25H30N6O/c1-2-3-4-5-6-7-14-28-25(32)29-18-12-13-19-22(17-18)31-24(21-11-9-16-27-21)23(30-19)20-10-8-15-26-20/h8-13,15-17,26-27H,2-7,14H2,1H3,(H2,28,29,32). The molecule has 4 rings (SSSR count). The van der Waals surface area contributed by atoms with Crippen LogP contribution in [0.15, 0.2) is 54.9 Å². The molecule has 0 saturated carbocycles. The number of H-pyrrole nitrogens is 2. The van der Waals surface area contributed by atoms with Crippen molar-refractivity contribution in [2.45, 2.75) is 45.4 Å². The highest BCUT2D eigenvalue weighted by atomic mass is 16.2. The van der Waals surface area contributed by atoms with Crippen molar-refractivity contribution in [1.82, 2.24) is 25.3 Å². The van der Waals surface area contributed by atoms with Gasteiger partial charge in [0.1, 0.15) is 11.4 Å². The van der Waals surface area contributed by atoms with Crippen molar-refractivity contribution in [3.8, 4) is 22.8 Å². The summed E-state index contributed by atoms with van der Waals surface area (Å²) in [5.74, 6) is 0. The van der Waals surface area contributed by atoms with Gasteiger partial charge in [0.15, 0.2) is 0 Å². The Morgan fingerprint density at radius 3 is 2.16 bits per heavy atom. The van der Waals surface area contributed by atoms with Crippen LogP contribution in [-0.2, 0) is 0 Å². The monoisotopic (exact) mass is 430 g/mol. The summed E-state index contributed by atoms with van der Waals surface area (Å²) in [5, 5.41) is 5.85. The van der Waals surface area contributed by atoms with Gasteiger partial charge < -0.3 is 20.6 Å². The molecule has 3 aromatic heterocycles. The Labute approximate surface area is 188 Å². The van der Waals surface area contributed by atoms with Gasteiger partial charge in [-0.25, -0.2) is 14.8 Å². The first-order valence-electron chi connectivity index (χ1n) is 11.4. The third kappa shape index (κ3) is 5.35. The second kappa shape index (κ2) is 10.6. The van der Waals surface area contributed by atoms with Crippen LogP contribution < -0.4 is 10.6 Å². The first kappa shape index (κ1) is 21.6. The van der Waals surface area contributed by atoms with Crippen molar-refractivity contribution in [1.29, 1.82) is 0 Å². The van der Waals surface area contributed by atoms with E-state index in [9.17, 15) is 4.79 Å². The van der Waals surface area contributed by atoms with E-state index in [1.54, 1.807) is 0 Å². The summed E-state index contributed by atoms with van der Waals surface area (Å²) in [6.07, 6.45) is 10.9. The number of aromatic amines is 2. The fourth-order valence-corrected chi connectivity index (χ4v) is 3.75. The Balaban J connectivity index is 1.46. The number of carbonyl (C=O) groups excluding carboxylic acids is 1. The Morgan fingerprint density at radius 2 is 1.50 bits per heavy atom. The van der Waals surface area contributed by atoms with E-state index >= 15 is 0 Å². The van der Waals surface area contributed by atoms with Gasteiger partial charge in [0, 0.05) is 24.6 Å². The SMILES string of the molecule is CCCCCCCCNC(=O)Nc1ccc2nc(-c3ccc[nH]3)c(-c3ccc[nH]3)nc2c1. The molecule has 4 aromatic rings. The molecule has 4 N–H and O–H groups in total. The molecule has 0 radical (unpaired) electrons. The lowest BCUT2D eigenvalue weighted by molar-refractivity contribution is 0.252. The minimum Gasteiger partial charge on any atom is -0.360 e. The number of nitrogens with one attached hydrogen (secondary N) is 4. The molecular weight excluding hydrogens is 400 g/mol. The highest BCUT2D eigenvalue weighted by Crippen LogP contribution is 2.30. The Kier molecular flexibility index (Phi) is 7.17. The Hall–Kier alpha value is -3.61. The second-order valence-corrected chi connectivity index (χ2v) is 7.94. The van der Waals surface area contributed by atoms with Crippen molar-refractivity contribution in [2.24, 2.45) is 0 Å². The molecule has 0 aliphatic heterocycles. The molecule has 0 atom stereocenters. The summed E-state index contributed by atoms with van der Waals surface area (Å²) in [7, 11) is 0. The number of amides is 2. The largest absolute Gasteiger partial charge is 0.360 e. The van der Waals surface area contributed by atoms with Crippen LogP contribution in [0.1, 0.15) is 45.4 Å². The molecule has 2 amide bonds. The number of unbranched alkanes of at least 4 members (excludes halogenated alkanes) is 5. The minimum absolute atomic E-state index is 0.196. The van der Waals surface area contributed by atoms with Crippen LogP contribution in [0.25, 0.3) is 33.8 Å². The number of hydrogen-bond acceptors (Lipinski definition) is 3. The third-order valence-corrected chi connectivity index (χ3v) is 5.44. The molecule has 0 aliphatic carbocycles. The number of carbonyl (C=O) groups is 1. The van der Waals surface area contributed by atoms with Crippen molar-refractivity contribution >= 4 is 22.8 Å². The molecule has 0 saturated heterocycles. The number of urea groups is 1. The van der Waals surface area contributed by atoms with E-state index in [1.165, 1.54) is 25.7 Å². The maximum absolute atomic E-state index is 12.3. The molecular formula is C25H30N6O. The maximum Gasteiger partial charge on any atom is 0.319 e. The van der Waals surface area contributed by atoms with Crippen LogP contribution in [0.5, 0.6) is 0 Å². The lowest BCUT2D eigenvalue weighted by Crippen LogP contribution is -2.29. The normalized spacial score (nSPS) is 11.0. The van der Waals surface area contributed by atoms with Crippen molar-refractivity contribution in [2.75, 3.05) is 11.9 Å². The highest BCUT2D eigenvalue weighted by Gasteiger charge is 2.15. The lowest BCUT2D eigenvalue weighted by atomic mass is 10.1. The number of aromatic nitrogens is 4. The summed E-state index contributed by atoms with van der Waals surface area (Å²) in [5.41, 5.74) is 5.51. The molecule has 3 heterocycles. The van der Waals surface area contributed by atoms with Gasteiger partial charge >= 0.3 is 6.03 Å². The fourth-order valence-electron chi connectivity index (χ4n) is 3.75. The molecule has 32 heavy (non-hydrogen) atoms. The quantitative estimate of drug-likeness (QED) is 0.229. The fraction of sp³-hybridized carbons (Fsp3) is 0.320. The zero-order valence-electron chi connectivity index (χ0n) is 18.4. The van der Waals surface area contributed by atoms with Crippen molar-refractivity contribution < 1.29 is 4.79 Å². The second-order valence-electron chi connectivity index (χ2n) is 7.94. The average Bonchev–Trinajstić information content (AvgIpc) is 3.52. The van der Waals surface area contributed by atoms with E-state index in [0.29, 0.717) is 12.2 Å². The van der Waals surface area contributed by atoms with Crippen LogP contribution >= 0.6 is 0 Å². The molecule has 0 unspecified atom stereocenters. The number of benzene rings is 1. The molecule has 0 aliphatic rings. The molecule has 0 fully saturated rings. The maximum atomic E-state index is 12.3. The Bertz CT molecular complexity index is 1130. The van der Waals surface area contributed by atoms with E-state index in [0.717, 1.165) is 46.7 Å². The van der Waals surface area contributed by atoms with Crippen LogP contribution in [-0.4, -0.2) is 32.5 Å². The van der Waals surface area contributed by atoms with Gasteiger partial charge in [-0.05, 0) is 48.9 Å². The van der Waals surface area contributed by atoms with Gasteiger partial charge in [-0.3, -0.25) is 0 Å². The number of nitrogens with zero attached hydrogens (tertiary/aromatic N) is 2. The van der Waals surface area contributed by atoms with Gasteiger partial charge in [0.05, 0.1) is 22.4 Å². The molecule has 0 bridgehead atoms. The summed E-state index contributed by atoms with van der Waals surface area (Å²) >= 11 is 0. The Morgan fingerprint density at radius 1 is 0.844 bits per heavy atom. The first-order valence-corrected chi connectivity index (χ1v) is 11.4. The van der Waals surface area contributed by atoms with E-state index in [1.807, 2.05) is 54.9 Å². The molecule has 7 heteroatoms. The van der Waals surface area contributed by atoms with Gasteiger partial charge in [0.25, 0.3) is 0 Å². The summed E-state index contributed by atoms with van der Waals surface area (Å²) in [6, 6.07) is 13.2. The predicted octanol–water partition coefficient (Wildman–Crippen LogP) is 6.10. The number of fused-ring (bicyclic) bond motifs is 1. The van der Waals surface area contributed by atoms with Gasteiger partial charge in [-0.1, -0.05) is 39.0 Å². The van der Waals surface area contributed by atoms with E-state index < -0.39 is 0 Å². The minimum atomic E-state index is -0.196. The van der Waals surface area contributed by atoms with Gasteiger partial charge in [-0.2, -0.15) is 0 Å². The van der Waals surface area contributed by atoms with Gasteiger partial charge in [0.2, 0.25) is 0 Å². The van der Waals surface area contributed by atoms with Crippen LogP contribution in [0.3, 0.4) is 0 Å². The van der Waals surface area contributed by atoms with E-state index in [-0.39, 0.29) is 6.03 Å². The van der Waals surface area contributed by atoms with Crippen LogP contribution in [0, 0.1) is 0 Å². The number of rotatable bonds is 10. The van der Waals surface area contributed by atoms with Crippen LogP contribution in [0.2, 0.25) is 0 Å². The van der Waals surface area contributed by atoms with E-state index in [2.05, 4.69) is 27.5 Å². The number of hydrogen-bond donors (Lipinski definition) is 4. The van der Waals surface area contributed by atoms with Crippen molar-refractivity contribution in [3.05, 3.63) is 54.9 Å². The van der Waals surface area contributed by atoms with E-state index in [4.69, 9.17) is 9.97 Å². The molecule has 0 spiro atoms. The topological polar surface area (TPSA) is 98.5 Å². The van der Waals surface area contributed by atoms with Crippen molar-refractivity contribution in [3.63, 3.8) is 0 Å².